The van der Waals surface area contributed by atoms with Crippen molar-refractivity contribution in [2.75, 3.05) is 7.11 Å². The van der Waals surface area contributed by atoms with Gasteiger partial charge in [-0.15, -0.1) is 0 Å². The average molecular weight is 275 g/mol. The van der Waals surface area contributed by atoms with Crippen molar-refractivity contribution in [1.29, 1.82) is 0 Å². The fourth-order valence-electron chi connectivity index (χ4n) is 1.11. The van der Waals surface area contributed by atoms with Crippen LogP contribution in [0.15, 0.2) is 23.2 Å². The highest BCUT2D eigenvalue weighted by molar-refractivity contribution is 9.10. The standard InChI is InChI=1S/C10H8BrFO3/c1-5(10(13)14)7-3-6(11)4-8(12)9(7)15-2/h3-4H,1H2,2H3,(H,13,14). The maximum absolute atomic E-state index is 13.3. The van der Waals surface area contributed by atoms with Gasteiger partial charge in [-0.3, -0.25) is 0 Å². The molecule has 1 N–H and O–H groups in total. The lowest BCUT2D eigenvalue weighted by molar-refractivity contribution is -0.130. The fourth-order valence-corrected chi connectivity index (χ4v) is 1.54. The smallest absolute Gasteiger partial charge is 0.335 e. The fraction of sp³-hybridized carbons (Fsp3) is 0.100. The molecule has 0 bridgehead atoms. The van der Waals surface area contributed by atoms with Gasteiger partial charge in [-0.25, -0.2) is 9.18 Å². The minimum absolute atomic E-state index is 0.120. The Balaban J connectivity index is 3.38. The van der Waals surface area contributed by atoms with Crippen LogP contribution in [0.25, 0.3) is 5.57 Å². The number of aliphatic carboxylic acids is 1. The highest BCUT2D eigenvalue weighted by Crippen LogP contribution is 2.31. The Hall–Kier alpha value is -1.36. The zero-order valence-corrected chi connectivity index (χ0v) is 9.47. The van der Waals surface area contributed by atoms with E-state index in [2.05, 4.69) is 22.5 Å². The minimum Gasteiger partial charge on any atom is -0.493 e. The number of carboxylic acids is 1. The van der Waals surface area contributed by atoms with E-state index in [0.29, 0.717) is 4.47 Å². The molecule has 0 fully saturated rings. The van der Waals surface area contributed by atoms with Gasteiger partial charge in [-0.1, -0.05) is 22.5 Å². The molecule has 0 atom stereocenters. The van der Waals surface area contributed by atoms with Crippen LogP contribution in [0, 0.1) is 5.82 Å². The number of methoxy groups -OCH3 is 1. The summed E-state index contributed by atoms with van der Waals surface area (Å²) in [6.45, 7) is 3.35. The molecule has 0 aromatic heterocycles. The van der Waals surface area contributed by atoms with Gasteiger partial charge in [0.15, 0.2) is 11.6 Å². The van der Waals surface area contributed by atoms with Gasteiger partial charge in [0, 0.05) is 10.0 Å². The Morgan fingerprint density at radius 2 is 2.20 bits per heavy atom. The largest absolute Gasteiger partial charge is 0.493 e. The molecule has 0 aliphatic heterocycles. The molecule has 0 heterocycles. The van der Waals surface area contributed by atoms with Crippen molar-refractivity contribution in [3.63, 3.8) is 0 Å². The lowest BCUT2D eigenvalue weighted by Crippen LogP contribution is -2.02. The van der Waals surface area contributed by atoms with E-state index in [4.69, 9.17) is 9.84 Å². The molecule has 0 aliphatic carbocycles. The van der Waals surface area contributed by atoms with Crippen molar-refractivity contribution in [3.8, 4) is 5.75 Å². The topological polar surface area (TPSA) is 46.5 Å². The van der Waals surface area contributed by atoms with Crippen LogP contribution < -0.4 is 4.74 Å². The number of benzene rings is 1. The number of rotatable bonds is 3. The number of halogens is 2. The van der Waals surface area contributed by atoms with Crippen LogP contribution in [0.5, 0.6) is 5.75 Å². The van der Waals surface area contributed by atoms with Gasteiger partial charge < -0.3 is 9.84 Å². The molecule has 3 nitrogen and oxygen atoms in total. The molecule has 80 valence electrons. The van der Waals surface area contributed by atoms with Crippen LogP contribution in [0.3, 0.4) is 0 Å². The lowest BCUT2D eigenvalue weighted by atomic mass is 10.1. The van der Waals surface area contributed by atoms with Crippen LogP contribution in [0.4, 0.5) is 4.39 Å². The zero-order valence-electron chi connectivity index (χ0n) is 7.88. The summed E-state index contributed by atoms with van der Waals surface area (Å²) in [4.78, 5) is 10.7. The number of hydrogen-bond donors (Lipinski definition) is 1. The van der Waals surface area contributed by atoms with Gasteiger partial charge >= 0.3 is 5.97 Å². The van der Waals surface area contributed by atoms with Crippen LogP contribution in [-0.2, 0) is 4.79 Å². The summed E-state index contributed by atoms with van der Waals surface area (Å²) in [7, 11) is 1.27. The van der Waals surface area contributed by atoms with Gasteiger partial charge in [0.2, 0.25) is 0 Å². The molecule has 0 spiro atoms. The molecule has 1 rings (SSSR count). The van der Waals surface area contributed by atoms with E-state index >= 15 is 0 Å². The summed E-state index contributed by atoms with van der Waals surface area (Å²) in [5.74, 6) is -1.97. The Labute approximate surface area is 94.3 Å². The first-order valence-electron chi connectivity index (χ1n) is 3.93. The van der Waals surface area contributed by atoms with E-state index in [1.165, 1.54) is 19.2 Å². The molecule has 0 saturated carbocycles. The lowest BCUT2D eigenvalue weighted by Gasteiger charge is -2.09. The Bertz CT molecular complexity index is 429. The Morgan fingerprint density at radius 3 is 2.67 bits per heavy atom. The van der Waals surface area contributed by atoms with E-state index in [-0.39, 0.29) is 16.9 Å². The number of carbonyl (C=O) groups is 1. The SMILES string of the molecule is C=C(C(=O)O)c1cc(Br)cc(F)c1OC. The van der Waals surface area contributed by atoms with Crippen molar-refractivity contribution in [2.24, 2.45) is 0 Å². The molecule has 0 saturated heterocycles. The van der Waals surface area contributed by atoms with Gasteiger partial charge in [0.05, 0.1) is 12.7 Å². The van der Waals surface area contributed by atoms with Crippen molar-refractivity contribution in [2.45, 2.75) is 0 Å². The van der Waals surface area contributed by atoms with Crippen LogP contribution >= 0.6 is 15.9 Å². The first kappa shape index (κ1) is 11.7. The second-order valence-corrected chi connectivity index (χ2v) is 3.67. The second-order valence-electron chi connectivity index (χ2n) is 2.75. The average Bonchev–Trinajstić information content (AvgIpc) is 2.15. The van der Waals surface area contributed by atoms with Gasteiger partial charge in [0.25, 0.3) is 0 Å². The van der Waals surface area contributed by atoms with Crippen LogP contribution in [0.1, 0.15) is 5.56 Å². The van der Waals surface area contributed by atoms with Crippen molar-refractivity contribution in [1.82, 2.24) is 0 Å². The van der Waals surface area contributed by atoms with Crippen molar-refractivity contribution >= 4 is 27.5 Å². The van der Waals surface area contributed by atoms with Gasteiger partial charge in [-0.05, 0) is 12.1 Å². The minimum atomic E-state index is -1.22. The van der Waals surface area contributed by atoms with E-state index in [0.717, 1.165) is 0 Å². The molecule has 0 radical (unpaired) electrons. The quantitative estimate of drug-likeness (QED) is 0.863. The molecule has 0 aliphatic rings. The summed E-state index contributed by atoms with van der Waals surface area (Å²) >= 11 is 3.06. The first-order valence-corrected chi connectivity index (χ1v) is 4.72. The van der Waals surface area contributed by atoms with E-state index in [1.54, 1.807) is 0 Å². The predicted molar refractivity (Wildman–Crippen MR) is 57.3 cm³/mol. The molecule has 0 amide bonds. The third kappa shape index (κ3) is 2.36. The monoisotopic (exact) mass is 274 g/mol. The second kappa shape index (κ2) is 4.44. The molecule has 0 unspecified atom stereocenters. The van der Waals surface area contributed by atoms with Crippen molar-refractivity contribution in [3.05, 3.63) is 34.6 Å². The first-order chi connectivity index (χ1) is 6.97. The van der Waals surface area contributed by atoms with Gasteiger partial charge in [-0.2, -0.15) is 0 Å². The summed E-state index contributed by atoms with van der Waals surface area (Å²) in [5.41, 5.74) is -0.0936. The normalized spacial score (nSPS) is 9.80. The summed E-state index contributed by atoms with van der Waals surface area (Å²) < 4.78 is 18.6. The summed E-state index contributed by atoms with van der Waals surface area (Å²) in [5, 5.41) is 8.74. The number of hydrogen-bond acceptors (Lipinski definition) is 2. The number of carboxylic acid groups (broad SMARTS) is 1. The van der Waals surface area contributed by atoms with Crippen LogP contribution in [-0.4, -0.2) is 18.2 Å². The highest BCUT2D eigenvalue weighted by atomic mass is 79.9. The molecule has 15 heavy (non-hydrogen) atoms. The molecule has 5 heteroatoms. The Kier molecular flexibility index (Phi) is 3.47. The third-order valence-corrected chi connectivity index (χ3v) is 2.25. The summed E-state index contributed by atoms with van der Waals surface area (Å²) in [6, 6.07) is 2.63. The van der Waals surface area contributed by atoms with E-state index in [9.17, 15) is 9.18 Å². The Morgan fingerprint density at radius 1 is 1.60 bits per heavy atom. The van der Waals surface area contributed by atoms with E-state index in [1.807, 2.05) is 0 Å². The van der Waals surface area contributed by atoms with Crippen LogP contribution in [0.2, 0.25) is 0 Å². The molecule has 1 aromatic rings. The van der Waals surface area contributed by atoms with Gasteiger partial charge in [0.1, 0.15) is 0 Å². The maximum Gasteiger partial charge on any atom is 0.335 e. The molecule has 1 aromatic carbocycles. The number of ether oxygens (including phenoxy) is 1. The zero-order chi connectivity index (χ0) is 11.6. The molecular weight excluding hydrogens is 267 g/mol. The van der Waals surface area contributed by atoms with Crippen molar-refractivity contribution < 1.29 is 19.0 Å². The maximum atomic E-state index is 13.3. The predicted octanol–water partition coefficient (Wildman–Crippen LogP) is 2.69. The summed E-state index contributed by atoms with van der Waals surface area (Å²) in [6.07, 6.45) is 0. The van der Waals surface area contributed by atoms with E-state index < -0.39 is 11.8 Å². The highest BCUT2D eigenvalue weighted by Gasteiger charge is 2.17. The molecular formula is C10H8BrFO3. The third-order valence-electron chi connectivity index (χ3n) is 1.80.